The van der Waals surface area contributed by atoms with E-state index in [2.05, 4.69) is 34.8 Å². The number of hydrogen-bond acceptors (Lipinski definition) is 6. The number of nitrogens with zero attached hydrogens (tertiary/aromatic N) is 3. The van der Waals surface area contributed by atoms with Crippen molar-refractivity contribution in [2.75, 3.05) is 19.3 Å². The van der Waals surface area contributed by atoms with Crippen molar-refractivity contribution in [3.63, 3.8) is 0 Å². The highest BCUT2D eigenvalue weighted by Gasteiger charge is 2.15. The Hall–Kier alpha value is -2.61. The minimum absolute atomic E-state index is 0.316. The van der Waals surface area contributed by atoms with Gasteiger partial charge in [-0.2, -0.15) is 0 Å². The molecular weight excluding hydrogens is 420 g/mol. The van der Waals surface area contributed by atoms with E-state index in [4.69, 9.17) is 5.73 Å². The number of pyridine rings is 2. The summed E-state index contributed by atoms with van der Waals surface area (Å²) in [7, 11) is -3.23. The quantitative estimate of drug-likeness (QED) is 0.469. The van der Waals surface area contributed by atoms with Gasteiger partial charge in [-0.3, -0.25) is 14.9 Å². The van der Waals surface area contributed by atoms with E-state index in [1.807, 2.05) is 30.5 Å². The number of aromatic nitrogens is 2. The Labute approximate surface area is 191 Å². The summed E-state index contributed by atoms with van der Waals surface area (Å²) in [6.07, 6.45) is 6.91. The van der Waals surface area contributed by atoms with Crippen molar-refractivity contribution in [2.24, 2.45) is 5.73 Å². The minimum Gasteiger partial charge on any atom is -0.330 e. The van der Waals surface area contributed by atoms with Crippen LogP contribution in [-0.4, -0.2) is 42.6 Å². The van der Waals surface area contributed by atoms with E-state index in [0.717, 1.165) is 54.0 Å². The fourth-order valence-electron chi connectivity index (χ4n) is 3.74. The first kappa shape index (κ1) is 24.0. The Morgan fingerprint density at radius 1 is 0.969 bits per heavy atom. The lowest BCUT2D eigenvalue weighted by molar-refractivity contribution is 0.246. The molecule has 6 nitrogen and oxygen atoms in total. The van der Waals surface area contributed by atoms with Gasteiger partial charge >= 0.3 is 0 Å². The van der Waals surface area contributed by atoms with Crippen LogP contribution in [0.1, 0.15) is 35.4 Å². The number of nitrogens with two attached hydrogens (primary N) is 1. The van der Waals surface area contributed by atoms with Gasteiger partial charge < -0.3 is 5.73 Å². The standard InChI is InChI=1S/C25H32N4O2S/c1-19-15-20(2)24(28-16-19)17-29(14-5-4-12-26)18-25-23(7-6-13-27-25)21-8-10-22(11-9-21)32(3,30)31/h6-11,13,15-16H,4-5,12,14,17-18,26H2,1-3H3. The summed E-state index contributed by atoms with van der Waals surface area (Å²) in [6, 6.07) is 13.1. The molecule has 0 aliphatic rings. The maximum Gasteiger partial charge on any atom is 0.175 e. The molecule has 0 amide bonds. The van der Waals surface area contributed by atoms with Crippen LogP contribution in [0.2, 0.25) is 0 Å². The summed E-state index contributed by atoms with van der Waals surface area (Å²) in [6.45, 7) is 7.14. The van der Waals surface area contributed by atoms with Crippen molar-refractivity contribution in [1.29, 1.82) is 0 Å². The van der Waals surface area contributed by atoms with Gasteiger partial charge in [0.05, 0.1) is 16.3 Å². The first-order valence-electron chi connectivity index (χ1n) is 10.9. The van der Waals surface area contributed by atoms with Crippen molar-refractivity contribution in [2.45, 2.75) is 44.7 Å². The van der Waals surface area contributed by atoms with Gasteiger partial charge in [-0.25, -0.2) is 8.42 Å². The van der Waals surface area contributed by atoms with Crippen LogP contribution in [0, 0.1) is 13.8 Å². The van der Waals surface area contributed by atoms with Crippen LogP contribution < -0.4 is 5.73 Å². The fourth-order valence-corrected chi connectivity index (χ4v) is 4.37. The summed E-state index contributed by atoms with van der Waals surface area (Å²) in [5.41, 5.74) is 12.0. The largest absolute Gasteiger partial charge is 0.330 e. The molecule has 0 bridgehead atoms. The van der Waals surface area contributed by atoms with Crippen molar-refractivity contribution in [3.8, 4) is 11.1 Å². The van der Waals surface area contributed by atoms with Gasteiger partial charge in [-0.15, -0.1) is 0 Å². The summed E-state index contributed by atoms with van der Waals surface area (Å²) in [5.74, 6) is 0. The molecule has 1 aromatic carbocycles. The van der Waals surface area contributed by atoms with Crippen molar-refractivity contribution >= 4 is 9.84 Å². The molecule has 2 heterocycles. The third-order valence-corrected chi connectivity index (χ3v) is 6.61. The zero-order valence-electron chi connectivity index (χ0n) is 19.1. The summed E-state index contributed by atoms with van der Waals surface area (Å²) < 4.78 is 23.6. The normalized spacial score (nSPS) is 11.8. The van der Waals surface area contributed by atoms with Crippen LogP contribution >= 0.6 is 0 Å². The molecule has 170 valence electrons. The lowest BCUT2D eigenvalue weighted by Crippen LogP contribution is -2.26. The number of sulfone groups is 1. The van der Waals surface area contributed by atoms with Crippen LogP contribution in [0.4, 0.5) is 0 Å². The van der Waals surface area contributed by atoms with Gasteiger partial charge in [0.2, 0.25) is 0 Å². The highest BCUT2D eigenvalue weighted by atomic mass is 32.2. The minimum atomic E-state index is -3.23. The van der Waals surface area contributed by atoms with Crippen LogP contribution in [0.5, 0.6) is 0 Å². The molecule has 3 aromatic rings. The van der Waals surface area contributed by atoms with E-state index in [-0.39, 0.29) is 0 Å². The third kappa shape index (κ3) is 6.45. The topological polar surface area (TPSA) is 89.2 Å². The number of unbranched alkanes of at least 4 members (excludes halogenated alkanes) is 1. The lowest BCUT2D eigenvalue weighted by atomic mass is 10.0. The number of aryl methyl sites for hydroxylation is 2. The molecular formula is C25H32N4O2S. The van der Waals surface area contributed by atoms with Crippen LogP contribution in [0.25, 0.3) is 11.1 Å². The van der Waals surface area contributed by atoms with Crippen LogP contribution in [-0.2, 0) is 22.9 Å². The molecule has 0 saturated carbocycles. The molecule has 0 aliphatic heterocycles. The molecule has 32 heavy (non-hydrogen) atoms. The van der Waals surface area contributed by atoms with Gasteiger partial charge in [0.15, 0.2) is 9.84 Å². The molecule has 3 rings (SSSR count). The van der Waals surface area contributed by atoms with E-state index in [0.29, 0.717) is 18.0 Å². The summed E-state index contributed by atoms with van der Waals surface area (Å²) >= 11 is 0. The van der Waals surface area contributed by atoms with Gasteiger partial charge in [0.1, 0.15) is 0 Å². The Kier molecular flexibility index (Phi) is 8.12. The number of benzene rings is 1. The van der Waals surface area contributed by atoms with Gasteiger partial charge in [-0.05, 0) is 74.7 Å². The zero-order chi connectivity index (χ0) is 23.1. The summed E-state index contributed by atoms with van der Waals surface area (Å²) in [5, 5.41) is 0. The second kappa shape index (κ2) is 10.8. The molecule has 0 unspecified atom stereocenters. The molecule has 0 radical (unpaired) electrons. The predicted octanol–water partition coefficient (Wildman–Crippen LogP) is 3.91. The van der Waals surface area contributed by atoms with E-state index >= 15 is 0 Å². The average Bonchev–Trinajstić information content (AvgIpc) is 2.75. The molecule has 0 fully saturated rings. The van der Waals surface area contributed by atoms with E-state index in [1.54, 1.807) is 18.3 Å². The predicted molar refractivity (Wildman–Crippen MR) is 129 cm³/mol. The second-order valence-corrected chi connectivity index (χ2v) is 10.3. The molecule has 0 saturated heterocycles. The Balaban J connectivity index is 1.87. The monoisotopic (exact) mass is 452 g/mol. The Morgan fingerprint density at radius 3 is 2.34 bits per heavy atom. The third-order valence-electron chi connectivity index (χ3n) is 5.48. The SMILES string of the molecule is Cc1cnc(CN(CCCCN)Cc2ncccc2-c2ccc(S(C)(=O)=O)cc2)c(C)c1. The highest BCUT2D eigenvalue weighted by Crippen LogP contribution is 2.25. The highest BCUT2D eigenvalue weighted by molar-refractivity contribution is 7.90. The van der Waals surface area contributed by atoms with E-state index in [9.17, 15) is 8.42 Å². The van der Waals surface area contributed by atoms with Crippen LogP contribution in [0.15, 0.2) is 59.8 Å². The molecule has 2 N–H and O–H groups in total. The molecule has 7 heteroatoms. The zero-order valence-corrected chi connectivity index (χ0v) is 19.9. The summed E-state index contributed by atoms with van der Waals surface area (Å²) in [4.78, 5) is 12.0. The van der Waals surface area contributed by atoms with E-state index < -0.39 is 9.84 Å². The number of rotatable bonds is 10. The van der Waals surface area contributed by atoms with E-state index in [1.165, 1.54) is 11.8 Å². The van der Waals surface area contributed by atoms with Crippen molar-refractivity contribution in [1.82, 2.24) is 14.9 Å². The van der Waals surface area contributed by atoms with Crippen LogP contribution in [0.3, 0.4) is 0 Å². The maximum absolute atomic E-state index is 11.8. The Morgan fingerprint density at radius 2 is 1.69 bits per heavy atom. The molecule has 2 aromatic heterocycles. The fraction of sp³-hybridized carbons (Fsp3) is 0.360. The van der Waals surface area contributed by atoms with Crippen molar-refractivity contribution in [3.05, 3.63) is 77.4 Å². The molecule has 0 aliphatic carbocycles. The first-order valence-corrected chi connectivity index (χ1v) is 12.8. The average molecular weight is 453 g/mol. The van der Waals surface area contributed by atoms with Gasteiger partial charge in [-0.1, -0.05) is 24.3 Å². The van der Waals surface area contributed by atoms with Gasteiger partial charge in [0, 0.05) is 37.3 Å². The molecule has 0 spiro atoms. The Bertz CT molecular complexity index is 1140. The maximum atomic E-state index is 11.8. The molecule has 0 atom stereocenters. The van der Waals surface area contributed by atoms with Gasteiger partial charge in [0.25, 0.3) is 0 Å². The first-order chi connectivity index (χ1) is 15.3. The smallest absolute Gasteiger partial charge is 0.175 e. The number of hydrogen-bond donors (Lipinski definition) is 1. The second-order valence-electron chi connectivity index (χ2n) is 8.28. The van der Waals surface area contributed by atoms with Crippen molar-refractivity contribution < 1.29 is 8.42 Å². The lowest BCUT2D eigenvalue weighted by Gasteiger charge is -2.24.